The van der Waals surface area contributed by atoms with Crippen LogP contribution in [0.1, 0.15) is 19.4 Å². The first-order chi connectivity index (χ1) is 13.0. The number of benzene rings is 2. The number of rotatable bonds is 5. The van der Waals surface area contributed by atoms with E-state index in [1.54, 1.807) is 23.6 Å². The Bertz CT molecular complexity index is 769. The number of nitrogens with zero attached hydrogens (tertiary/aromatic N) is 2. The molecule has 1 fully saturated rings. The summed E-state index contributed by atoms with van der Waals surface area (Å²) in [6.07, 6.45) is 0. The third-order valence-corrected chi connectivity index (χ3v) is 4.86. The number of carbonyl (C=O) groups is 2. The van der Waals surface area contributed by atoms with Gasteiger partial charge in [0.15, 0.2) is 0 Å². The molecule has 3 rings (SSSR count). The van der Waals surface area contributed by atoms with Crippen LogP contribution in [0.4, 0.5) is 5.69 Å². The molecule has 0 radical (unpaired) electrons. The van der Waals surface area contributed by atoms with Gasteiger partial charge in [0.25, 0.3) is 0 Å². The van der Waals surface area contributed by atoms with Crippen LogP contribution in [0.3, 0.4) is 0 Å². The SMILES string of the molecule is CC(C)(C(=O)N1CCOCC1)C(=O)N(Cc1ccccc1)c1ccccc1. The van der Waals surface area contributed by atoms with E-state index in [4.69, 9.17) is 4.74 Å². The molecule has 2 amide bonds. The van der Waals surface area contributed by atoms with Gasteiger partial charge in [0.1, 0.15) is 5.41 Å². The van der Waals surface area contributed by atoms with E-state index < -0.39 is 5.41 Å². The molecule has 5 nitrogen and oxygen atoms in total. The Labute approximate surface area is 160 Å². The molecule has 2 aromatic rings. The number of ether oxygens (including phenoxy) is 1. The molecule has 5 heteroatoms. The lowest BCUT2D eigenvalue weighted by atomic mass is 9.88. The van der Waals surface area contributed by atoms with Gasteiger partial charge in [0.05, 0.1) is 19.8 Å². The number of carbonyl (C=O) groups excluding carboxylic acids is 2. The van der Waals surface area contributed by atoms with Crippen LogP contribution in [-0.4, -0.2) is 43.0 Å². The second kappa shape index (κ2) is 8.35. The van der Waals surface area contributed by atoms with Crippen molar-refractivity contribution in [3.8, 4) is 0 Å². The molecule has 1 saturated heterocycles. The molecule has 0 aromatic heterocycles. The second-order valence-electron chi connectivity index (χ2n) is 7.24. The van der Waals surface area contributed by atoms with E-state index in [1.807, 2.05) is 60.7 Å². The van der Waals surface area contributed by atoms with Crippen molar-refractivity contribution in [2.45, 2.75) is 20.4 Å². The van der Waals surface area contributed by atoms with Gasteiger partial charge in [0.2, 0.25) is 11.8 Å². The third-order valence-electron chi connectivity index (χ3n) is 4.86. The van der Waals surface area contributed by atoms with E-state index in [2.05, 4.69) is 0 Å². The van der Waals surface area contributed by atoms with Crippen LogP contribution >= 0.6 is 0 Å². The summed E-state index contributed by atoms with van der Waals surface area (Å²) in [5.41, 5.74) is 0.653. The Kier molecular flexibility index (Phi) is 5.91. The number of anilines is 1. The standard InChI is InChI=1S/C22H26N2O3/c1-22(2,20(25)23-13-15-27-16-14-23)21(26)24(19-11-7-4-8-12-19)17-18-9-5-3-6-10-18/h3-12H,13-17H2,1-2H3. The highest BCUT2D eigenvalue weighted by Gasteiger charge is 2.42. The molecule has 1 aliphatic rings. The van der Waals surface area contributed by atoms with Gasteiger partial charge < -0.3 is 14.5 Å². The molecule has 0 aliphatic carbocycles. The van der Waals surface area contributed by atoms with Crippen molar-refractivity contribution >= 4 is 17.5 Å². The van der Waals surface area contributed by atoms with Gasteiger partial charge >= 0.3 is 0 Å². The quantitative estimate of drug-likeness (QED) is 0.764. The first-order valence-corrected chi connectivity index (χ1v) is 9.28. The molecule has 0 saturated carbocycles. The van der Waals surface area contributed by atoms with Gasteiger partial charge in [-0.2, -0.15) is 0 Å². The van der Waals surface area contributed by atoms with Gasteiger partial charge in [-0.25, -0.2) is 0 Å². The fourth-order valence-electron chi connectivity index (χ4n) is 3.24. The molecule has 2 aromatic carbocycles. The topological polar surface area (TPSA) is 49.9 Å². The van der Waals surface area contributed by atoms with E-state index in [0.717, 1.165) is 11.3 Å². The summed E-state index contributed by atoms with van der Waals surface area (Å²) in [4.78, 5) is 30.0. The zero-order valence-corrected chi connectivity index (χ0v) is 15.9. The van der Waals surface area contributed by atoms with Crippen LogP contribution in [0.5, 0.6) is 0 Å². The fraction of sp³-hybridized carbons (Fsp3) is 0.364. The molecule has 1 heterocycles. The van der Waals surface area contributed by atoms with Crippen molar-refractivity contribution in [3.05, 3.63) is 66.2 Å². The fourth-order valence-corrected chi connectivity index (χ4v) is 3.24. The molecule has 1 aliphatic heterocycles. The number of amides is 2. The van der Waals surface area contributed by atoms with Gasteiger partial charge in [-0.05, 0) is 31.5 Å². The van der Waals surface area contributed by atoms with Crippen LogP contribution in [0.25, 0.3) is 0 Å². The minimum atomic E-state index is -1.15. The molecule has 142 valence electrons. The number of para-hydroxylation sites is 1. The van der Waals surface area contributed by atoms with Crippen LogP contribution < -0.4 is 4.90 Å². The Morgan fingerprint density at radius 2 is 1.52 bits per heavy atom. The largest absolute Gasteiger partial charge is 0.378 e. The zero-order chi connectivity index (χ0) is 19.3. The van der Waals surface area contributed by atoms with Crippen molar-refractivity contribution in [1.82, 2.24) is 4.90 Å². The summed E-state index contributed by atoms with van der Waals surface area (Å²) in [6, 6.07) is 19.3. The summed E-state index contributed by atoms with van der Waals surface area (Å²) in [5, 5.41) is 0. The second-order valence-corrected chi connectivity index (χ2v) is 7.24. The molecule has 0 atom stereocenters. The minimum Gasteiger partial charge on any atom is -0.378 e. The summed E-state index contributed by atoms with van der Waals surface area (Å²) in [5.74, 6) is -0.348. The van der Waals surface area contributed by atoms with Crippen molar-refractivity contribution in [2.75, 3.05) is 31.2 Å². The molecular weight excluding hydrogens is 340 g/mol. The number of hydrogen-bond acceptors (Lipinski definition) is 3. The predicted molar refractivity (Wildman–Crippen MR) is 105 cm³/mol. The van der Waals surface area contributed by atoms with Crippen LogP contribution in [0, 0.1) is 5.41 Å². The summed E-state index contributed by atoms with van der Waals surface area (Å²) in [7, 11) is 0. The first kappa shape index (κ1) is 19.1. The Morgan fingerprint density at radius 1 is 0.963 bits per heavy atom. The van der Waals surface area contributed by atoms with Crippen molar-refractivity contribution in [2.24, 2.45) is 5.41 Å². The highest BCUT2D eigenvalue weighted by molar-refractivity contribution is 6.11. The Hall–Kier alpha value is -2.66. The van der Waals surface area contributed by atoms with Crippen molar-refractivity contribution in [1.29, 1.82) is 0 Å². The lowest BCUT2D eigenvalue weighted by Gasteiger charge is -2.36. The molecule has 0 N–H and O–H groups in total. The number of morpholine rings is 1. The smallest absolute Gasteiger partial charge is 0.242 e. The summed E-state index contributed by atoms with van der Waals surface area (Å²) < 4.78 is 5.33. The maximum Gasteiger partial charge on any atom is 0.242 e. The van der Waals surface area contributed by atoms with Crippen molar-refractivity contribution < 1.29 is 14.3 Å². The molecule has 0 unspecified atom stereocenters. The van der Waals surface area contributed by atoms with Gasteiger partial charge in [-0.1, -0.05) is 48.5 Å². The lowest BCUT2D eigenvalue weighted by molar-refractivity contribution is -0.150. The van der Waals surface area contributed by atoms with E-state index >= 15 is 0 Å². The Morgan fingerprint density at radius 3 is 2.11 bits per heavy atom. The molecule has 27 heavy (non-hydrogen) atoms. The maximum absolute atomic E-state index is 13.5. The minimum absolute atomic E-state index is 0.148. The van der Waals surface area contributed by atoms with Crippen molar-refractivity contribution in [3.63, 3.8) is 0 Å². The van der Waals surface area contributed by atoms with Gasteiger partial charge in [-0.15, -0.1) is 0 Å². The lowest BCUT2D eigenvalue weighted by Crippen LogP contribution is -2.53. The normalized spacial score (nSPS) is 14.7. The zero-order valence-electron chi connectivity index (χ0n) is 15.9. The average molecular weight is 366 g/mol. The average Bonchev–Trinajstić information content (AvgIpc) is 2.73. The van der Waals surface area contributed by atoms with E-state index in [1.165, 1.54) is 0 Å². The van der Waals surface area contributed by atoms with Crippen LogP contribution in [-0.2, 0) is 20.9 Å². The number of hydrogen-bond donors (Lipinski definition) is 0. The van der Waals surface area contributed by atoms with Gasteiger partial charge in [0, 0.05) is 18.8 Å². The molecule has 0 spiro atoms. The monoisotopic (exact) mass is 366 g/mol. The first-order valence-electron chi connectivity index (χ1n) is 9.28. The van der Waals surface area contributed by atoms with Crippen LogP contribution in [0.15, 0.2) is 60.7 Å². The summed E-state index contributed by atoms with van der Waals surface area (Å²) >= 11 is 0. The highest BCUT2D eigenvalue weighted by atomic mass is 16.5. The third kappa shape index (κ3) is 4.37. The van der Waals surface area contributed by atoms with E-state index in [0.29, 0.717) is 32.8 Å². The molecular formula is C22H26N2O3. The van der Waals surface area contributed by atoms with Gasteiger partial charge in [-0.3, -0.25) is 9.59 Å². The predicted octanol–water partition coefficient (Wildman–Crippen LogP) is 3.10. The molecule has 0 bridgehead atoms. The maximum atomic E-state index is 13.5. The highest BCUT2D eigenvalue weighted by Crippen LogP contribution is 2.28. The van der Waals surface area contributed by atoms with Crippen LogP contribution in [0.2, 0.25) is 0 Å². The van der Waals surface area contributed by atoms with E-state index in [9.17, 15) is 9.59 Å². The Balaban J connectivity index is 1.88. The summed E-state index contributed by atoms with van der Waals surface area (Å²) in [6.45, 7) is 5.94. The van der Waals surface area contributed by atoms with E-state index in [-0.39, 0.29) is 11.8 Å².